The van der Waals surface area contributed by atoms with Gasteiger partial charge in [0.2, 0.25) is 0 Å². The van der Waals surface area contributed by atoms with Gasteiger partial charge in [-0.1, -0.05) is 133 Å². The SMILES string of the molecule is c1ccc(-c2nc(-c3ccccc3)nc(-c3cccc4oc5cc(-n6c7ccccc7c7ccccc76)cc(-c6ccc7c(c6)oc6ccccc67)c5c34)n2)cc1. The molecule has 4 aromatic heterocycles. The smallest absolute Gasteiger partial charge is 0.164 e. The molecule has 0 N–H and O–H groups in total. The number of para-hydroxylation sites is 3. The summed E-state index contributed by atoms with van der Waals surface area (Å²) in [6.45, 7) is 0. The highest BCUT2D eigenvalue weighted by Crippen LogP contribution is 2.45. The number of fused-ring (bicyclic) bond motifs is 9. The van der Waals surface area contributed by atoms with Crippen molar-refractivity contribution in [1.29, 1.82) is 0 Å². The molecule has 0 unspecified atom stereocenters. The number of hydrogen-bond donors (Lipinski definition) is 0. The van der Waals surface area contributed by atoms with Crippen LogP contribution in [0.15, 0.2) is 191 Å². The first-order valence-corrected chi connectivity index (χ1v) is 19.0. The Bertz CT molecular complexity index is 3410. The largest absolute Gasteiger partial charge is 0.456 e. The molecule has 0 atom stereocenters. The number of furan rings is 2. The molecule has 0 saturated heterocycles. The standard InChI is InChI=1S/C51H30N4O2/c1-3-14-31(15-4-1)49-52-50(32-16-5-2-6-17-32)54-51(53-49)39-21-13-25-44-47(39)48-40(33-26-27-38-37-20-9-12-24-43(37)56-45(38)28-33)29-34(30-46(48)57-44)55-41-22-10-7-18-35(41)36-19-8-11-23-42(36)55/h1-30H. The molecule has 8 aromatic carbocycles. The molecule has 266 valence electrons. The summed E-state index contributed by atoms with van der Waals surface area (Å²) in [5, 5.41) is 6.48. The average molecular weight is 731 g/mol. The van der Waals surface area contributed by atoms with Gasteiger partial charge in [0.25, 0.3) is 0 Å². The zero-order chi connectivity index (χ0) is 37.5. The molecule has 0 aliphatic heterocycles. The molecular weight excluding hydrogens is 701 g/mol. The molecule has 6 heteroatoms. The zero-order valence-corrected chi connectivity index (χ0v) is 30.4. The maximum atomic E-state index is 6.90. The minimum absolute atomic E-state index is 0.571. The Balaban J connectivity index is 1.18. The number of rotatable bonds is 5. The van der Waals surface area contributed by atoms with Crippen molar-refractivity contribution in [2.24, 2.45) is 0 Å². The van der Waals surface area contributed by atoms with E-state index < -0.39 is 0 Å². The van der Waals surface area contributed by atoms with Crippen LogP contribution in [0.5, 0.6) is 0 Å². The first-order chi connectivity index (χ1) is 28.2. The van der Waals surface area contributed by atoms with Gasteiger partial charge in [0.1, 0.15) is 22.3 Å². The molecule has 0 amide bonds. The number of benzene rings is 8. The lowest BCUT2D eigenvalue weighted by atomic mass is 9.95. The molecule has 12 rings (SSSR count). The molecule has 0 fully saturated rings. The summed E-state index contributed by atoms with van der Waals surface area (Å²) < 4.78 is 15.7. The Kier molecular flexibility index (Phi) is 6.83. The molecule has 6 nitrogen and oxygen atoms in total. The minimum atomic E-state index is 0.571. The van der Waals surface area contributed by atoms with E-state index in [1.807, 2.05) is 84.9 Å². The number of hydrogen-bond acceptors (Lipinski definition) is 5. The summed E-state index contributed by atoms with van der Waals surface area (Å²) in [5.74, 6) is 1.78. The molecule has 0 aliphatic rings. The van der Waals surface area contributed by atoms with Crippen LogP contribution >= 0.6 is 0 Å². The second-order valence-electron chi connectivity index (χ2n) is 14.4. The van der Waals surface area contributed by atoms with Crippen LogP contribution in [0, 0.1) is 0 Å². The molecular formula is C51H30N4O2. The number of nitrogens with zero attached hydrogens (tertiary/aromatic N) is 4. The van der Waals surface area contributed by atoms with Gasteiger partial charge in [-0.2, -0.15) is 0 Å². The molecule has 0 bridgehead atoms. The van der Waals surface area contributed by atoms with Crippen molar-refractivity contribution in [1.82, 2.24) is 19.5 Å². The fraction of sp³-hybridized carbons (Fsp3) is 0. The van der Waals surface area contributed by atoms with Crippen molar-refractivity contribution < 1.29 is 8.83 Å². The van der Waals surface area contributed by atoms with Crippen LogP contribution in [0.1, 0.15) is 0 Å². The third-order valence-corrected chi connectivity index (χ3v) is 11.1. The summed E-state index contributed by atoms with van der Waals surface area (Å²) in [7, 11) is 0. The van der Waals surface area contributed by atoms with Gasteiger partial charge >= 0.3 is 0 Å². The Morgan fingerprint density at radius 2 is 0.877 bits per heavy atom. The van der Waals surface area contributed by atoms with Gasteiger partial charge in [0.15, 0.2) is 17.5 Å². The van der Waals surface area contributed by atoms with Gasteiger partial charge in [-0.05, 0) is 53.6 Å². The van der Waals surface area contributed by atoms with Gasteiger partial charge in [0, 0.05) is 55.1 Å². The van der Waals surface area contributed by atoms with Gasteiger partial charge in [-0.25, -0.2) is 15.0 Å². The second kappa shape index (κ2) is 12.3. The summed E-state index contributed by atoms with van der Waals surface area (Å²) in [4.78, 5) is 15.3. The Morgan fingerprint density at radius 1 is 0.333 bits per heavy atom. The third-order valence-electron chi connectivity index (χ3n) is 11.1. The Labute approximate surface area is 325 Å². The normalized spacial score (nSPS) is 11.9. The lowest BCUT2D eigenvalue weighted by Gasteiger charge is -2.13. The molecule has 57 heavy (non-hydrogen) atoms. The summed E-state index contributed by atoms with van der Waals surface area (Å²) in [6, 6.07) is 62.6. The van der Waals surface area contributed by atoms with Crippen LogP contribution in [0.3, 0.4) is 0 Å². The summed E-state index contributed by atoms with van der Waals surface area (Å²) in [5.41, 5.74) is 11.2. The van der Waals surface area contributed by atoms with Crippen LogP contribution in [-0.4, -0.2) is 19.5 Å². The van der Waals surface area contributed by atoms with Crippen molar-refractivity contribution in [2.75, 3.05) is 0 Å². The van der Waals surface area contributed by atoms with E-state index in [2.05, 4.69) is 102 Å². The molecule has 0 aliphatic carbocycles. The van der Waals surface area contributed by atoms with Gasteiger partial charge < -0.3 is 13.4 Å². The van der Waals surface area contributed by atoms with E-state index in [0.29, 0.717) is 17.5 Å². The van der Waals surface area contributed by atoms with Crippen molar-refractivity contribution in [3.8, 4) is 51.0 Å². The van der Waals surface area contributed by atoms with Gasteiger partial charge in [-0.15, -0.1) is 0 Å². The van der Waals surface area contributed by atoms with Crippen LogP contribution in [0.25, 0.3) is 117 Å². The Morgan fingerprint density at radius 3 is 1.58 bits per heavy atom. The lowest BCUT2D eigenvalue weighted by Crippen LogP contribution is -2.00. The van der Waals surface area contributed by atoms with E-state index in [1.165, 1.54) is 10.8 Å². The van der Waals surface area contributed by atoms with Crippen LogP contribution in [0.4, 0.5) is 0 Å². The predicted octanol–water partition coefficient (Wildman–Crippen LogP) is 13.4. The van der Waals surface area contributed by atoms with E-state index in [1.54, 1.807) is 0 Å². The average Bonchev–Trinajstić information content (AvgIpc) is 3.96. The van der Waals surface area contributed by atoms with Crippen LogP contribution < -0.4 is 0 Å². The van der Waals surface area contributed by atoms with Crippen molar-refractivity contribution in [2.45, 2.75) is 0 Å². The van der Waals surface area contributed by atoms with Crippen molar-refractivity contribution >= 4 is 65.7 Å². The molecule has 4 heterocycles. The third kappa shape index (κ3) is 4.94. The van der Waals surface area contributed by atoms with Crippen LogP contribution in [0.2, 0.25) is 0 Å². The minimum Gasteiger partial charge on any atom is -0.456 e. The van der Waals surface area contributed by atoms with E-state index >= 15 is 0 Å². The van der Waals surface area contributed by atoms with Gasteiger partial charge in [0.05, 0.1) is 16.7 Å². The monoisotopic (exact) mass is 730 g/mol. The maximum Gasteiger partial charge on any atom is 0.164 e. The van der Waals surface area contributed by atoms with E-state index in [-0.39, 0.29) is 0 Å². The molecule has 0 saturated carbocycles. The molecule has 0 radical (unpaired) electrons. The highest BCUT2D eigenvalue weighted by atomic mass is 16.3. The Hall–Kier alpha value is -7.83. The first-order valence-electron chi connectivity index (χ1n) is 19.0. The lowest BCUT2D eigenvalue weighted by molar-refractivity contribution is 0.668. The van der Waals surface area contributed by atoms with Crippen LogP contribution in [-0.2, 0) is 0 Å². The first kappa shape index (κ1) is 31.5. The van der Waals surface area contributed by atoms with Crippen molar-refractivity contribution in [3.05, 3.63) is 182 Å². The maximum absolute atomic E-state index is 6.90. The fourth-order valence-corrected chi connectivity index (χ4v) is 8.50. The topological polar surface area (TPSA) is 69.9 Å². The fourth-order valence-electron chi connectivity index (χ4n) is 8.50. The molecule has 12 aromatic rings. The predicted molar refractivity (Wildman–Crippen MR) is 230 cm³/mol. The van der Waals surface area contributed by atoms with Crippen molar-refractivity contribution in [3.63, 3.8) is 0 Å². The zero-order valence-electron chi connectivity index (χ0n) is 30.4. The molecule has 0 spiro atoms. The second-order valence-corrected chi connectivity index (χ2v) is 14.4. The highest BCUT2D eigenvalue weighted by Gasteiger charge is 2.23. The summed E-state index contributed by atoms with van der Waals surface area (Å²) in [6.07, 6.45) is 0. The van der Waals surface area contributed by atoms with E-state index in [0.717, 1.165) is 88.4 Å². The van der Waals surface area contributed by atoms with E-state index in [9.17, 15) is 0 Å². The number of aromatic nitrogens is 4. The highest BCUT2D eigenvalue weighted by molar-refractivity contribution is 6.19. The quantitative estimate of drug-likeness (QED) is 0.176. The van der Waals surface area contributed by atoms with Gasteiger partial charge in [-0.3, -0.25) is 0 Å². The summed E-state index contributed by atoms with van der Waals surface area (Å²) >= 11 is 0. The van der Waals surface area contributed by atoms with E-state index in [4.69, 9.17) is 23.8 Å².